The average Bonchev–Trinajstić information content (AvgIpc) is 2.14. The smallest absolute Gasteiger partial charge is 0.305 e. The van der Waals surface area contributed by atoms with Gasteiger partial charge in [0.05, 0.1) is 6.61 Å². The van der Waals surface area contributed by atoms with E-state index < -0.39 is 0 Å². The fourth-order valence-corrected chi connectivity index (χ4v) is 1.16. The van der Waals surface area contributed by atoms with Gasteiger partial charge in [-0.3, -0.25) is 4.79 Å². The van der Waals surface area contributed by atoms with Gasteiger partial charge in [0.25, 0.3) is 0 Å². The predicted molar refractivity (Wildman–Crippen MR) is 54.6 cm³/mol. The van der Waals surface area contributed by atoms with E-state index in [1.165, 1.54) is 25.7 Å². The number of hydrogen-bond acceptors (Lipinski definition) is 2. The minimum Gasteiger partial charge on any atom is -0.465 e. The first-order valence-electron chi connectivity index (χ1n) is 5.36. The van der Waals surface area contributed by atoms with Crippen LogP contribution in [0.2, 0.25) is 0 Å². The molecule has 0 aliphatic rings. The van der Waals surface area contributed by atoms with Crippen LogP contribution in [0.5, 0.6) is 0 Å². The normalized spacial score (nSPS) is 12.5. The first kappa shape index (κ1) is 12.5. The molecule has 0 fully saturated rings. The zero-order chi connectivity index (χ0) is 10.1. The summed E-state index contributed by atoms with van der Waals surface area (Å²) in [6.07, 6.45) is 5.45. The van der Waals surface area contributed by atoms with E-state index in [0.29, 0.717) is 18.9 Å². The Morgan fingerprint density at radius 2 is 2.00 bits per heavy atom. The van der Waals surface area contributed by atoms with E-state index in [9.17, 15) is 4.79 Å². The SMILES string of the molecule is CCCCCC(C)COC(=O)CC. The van der Waals surface area contributed by atoms with E-state index in [2.05, 4.69) is 13.8 Å². The van der Waals surface area contributed by atoms with Crippen molar-refractivity contribution in [1.29, 1.82) is 0 Å². The molecule has 0 radical (unpaired) electrons. The quantitative estimate of drug-likeness (QED) is 0.451. The maximum Gasteiger partial charge on any atom is 0.305 e. The largest absolute Gasteiger partial charge is 0.465 e. The van der Waals surface area contributed by atoms with Gasteiger partial charge in [0.2, 0.25) is 0 Å². The number of unbranched alkanes of at least 4 members (excludes halogenated alkanes) is 2. The number of carbonyl (C=O) groups is 1. The molecule has 0 amide bonds. The summed E-state index contributed by atoms with van der Waals surface area (Å²) in [5.41, 5.74) is 0. The first-order valence-corrected chi connectivity index (χ1v) is 5.36. The molecular formula is C11H22O2. The summed E-state index contributed by atoms with van der Waals surface area (Å²) in [6, 6.07) is 0. The second-order valence-corrected chi connectivity index (χ2v) is 3.64. The van der Waals surface area contributed by atoms with Gasteiger partial charge in [-0.25, -0.2) is 0 Å². The van der Waals surface area contributed by atoms with Crippen molar-refractivity contribution in [3.63, 3.8) is 0 Å². The summed E-state index contributed by atoms with van der Waals surface area (Å²) in [5, 5.41) is 0. The van der Waals surface area contributed by atoms with Gasteiger partial charge in [0, 0.05) is 6.42 Å². The second-order valence-electron chi connectivity index (χ2n) is 3.64. The van der Waals surface area contributed by atoms with Crippen molar-refractivity contribution >= 4 is 5.97 Å². The lowest BCUT2D eigenvalue weighted by atomic mass is 10.0. The van der Waals surface area contributed by atoms with Gasteiger partial charge in [-0.15, -0.1) is 0 Å². The summed E-state index contributed by atoms with van der Waals surface area (Å²) in [5.74, 6) is 0.435. The van der Waals surface area contributed by atoms with E-state index >= 15 is 0 Å². The molecule has 0 saturated carbocycles. The lowest BCUT2D eigenvalue weighted by Gasteiger charge is -2.10. The summed E-state index contributed by atoms with van der Waals surface area (Å²) >= 11 is 0. The van der Waals surface area contributed by atoms with Crippen LogP contribution in [-0.4, -0.2) is 12.6 Å². The molecule has 0 aromatic rings. The van der Waals surface area contributed by atoms with Crippen LogP contribution in [0.4, 0.5) is 0 Å². The highest BCUT2D eigenvalue weighted by molar-refractivity contribution is 5.68. The molecule has 0 heterocycles. The summed E-state index contributed by atoms with van der Waals surface area (Å²) in [4.78, 5) is 10.8. The zero-order valence-corrected chi connectivity index (χ0v) is 9.14. The molecule has 13 heavy (non-hydrogen) atoms. The second kappa shape index (κ2) is 8.09. The standard InChI is InChI=1S/C11H22O2/c1-4-6-7-8-10(3)9-13-11(12)5-2/h10H,4-9H2,1-3H3. The number of hydrogen-bond donors (Lipinski definition) is 0. The van der Waals surface area contributed by atoms with E-state index in [1.807, 2.05) is 6.92 Å². The van der Waals surface area contributed by atoms with Crippen LogP contribution in [0.15, 0.2) is 0 Å². The van der Waals surface area contributed by atoms with E-state index in [4.69, 9.17) is 4.74 Å². The molecule has 0 aromatic heterocycles. The molecule has 0 bridgehead atoms. The molecule has 0 aromatic carbocycles. The highest BCUT2D eigenvalue weighted by Crippen LogP contribution is 2.09. The van der Waals surface area contributed by atoms with Crippen LogP contribution in [0.3, 0.4) is 0 Å². The van der Waals surface area contributed by atoms with Gasteiger partial charge in [0.15, 0.2) is 0 Å². The van der Waals surface area contributed by atoms with Gasteiger partial charge >= 0.3 is 5.97 Å². The Kier molecular flexibility index (Phi) is 7.76. The Balaban J connectivity index is 3.29. The Labute approximate surface area is 81.7 Å². The molecule has 1 atom stereocenters. The van der Waals surface area contributed by atoms with Crippen molar-refractivity contribution in [2.45, 2.75) is 52.9 Å². The zero-order valence-electron chi connectivity index (χ0n) is 9.14. The highest BCUT2D eigenvalue weighted by atomic mass is 16.5. The van der Waals surface area contributed by atoms with Crippen molar-refractivity contribution in [3.05, 3.63) is 0 Å². The van der Waals surface area contributed by atoms with Gasteiger partial charge < -0.3 is 4.74 Å². The molecule has 0 aliphatic carbocycles. The predicted octanol–water partition coefficient (Wildman–Crippen LogP) is 3.16. The van der Waals surface area contributed by atoms with Crippen LogP contribution in [-0.2, 0) is 9.53 Å². The minimum atomic E-state index is -0.0812. The Morgan fingerprint density at radius 3 is 2.54 bits per heavy atom. The Morgan fingerprint density at radius 1 is 1.31 bits per heavy atom. The lowest BCUT2D eigenvalue weighted by Crippen LogP contribution is -2.10. The van der Waals surface area contributed by atoms with Crippen LogP contribution < -0.4 is 0 Å². The van der Waals surface area contributed by atoms with E-state index in [1.54, 1.807) is 0 Å². The van der Waals surface area contributed by atoms with E-state index in [-0.39, 0.29) is 5.97 Å². The molecular weight excluding hydrogens is 164 g/mol. The Hall–Kier alpha value is -0.530. The molecule has 2 nitrogen and oxygen atoms in total. The van der Waals surface area contributed by atoms with Gasteiger partial charge in [-0.1, -0.05) is 40.0 Å². The van der Waals surface area contributed by atoms with E-state index in [0.717, 1.165) is 0 Å². The van der Waals surface area contributed by atoms with Crippen molar-refractivity contribution in [1.82, 2.24) is 0 Å². The fraction of sp³-hybridized carbons (Fsp3) is 0.909. The van der Waals surface area contributed by atoms with Gasteiger partial charge in [0.1, 0.15) is 0 Å². The Bertz CT molecular complexity index is 132. The van der Waals surface area contributed by atoms with Gasteiger partial charge in [-0.2, -0.15) is 0 Å². The first-order chi connectivity index (χ1) is 6.20. The number of esters is 1. The molecule has 2 heteroatoms. The monoisotopic (exact) mass is 186 g/mol. The number of ether oxygens (including phenoxy) is 1. The molecule has 0 saturated heterocycles. The lowest BCUT2D eigenvalue weighted by molar-refractivity contribution is -0.144. The molecule has 0 aliphatic heterocycles. The topological polar surface area (TPSA) is 26.3 Å². The third kappa shape index (κ3) is 7.82. The third-order valence-electron chi connectivity index (χ3n) is 2.12. The number of carbonyl (C=O) groups excluding carboxylic acids is 1. The van der Waals surface area contributed by atoms with Crippen LogP contribution >= 0.6 is 0 Å². The highest BCUT2D eigenvalue weighted by Gasteiger charge is 2.04. The minimum absolute atomic E-state index is 0.0812. The van der Waals surface area contributed by atoms with Crippen molar-refractivity contribution in [2.75, 3.05) is 6.61 Å². The molecule has 1 unspecified atom stereocenters. The summed E-state index contributed by atoms with van der Waals surface area (Å²) in [6.45, 7) is 6.75. The maximum atomic E-state index is 10.8. The van der Waals surface area contributed by atoms with Crippen LogP contribution in [0.25, 0.3) is 0 Å². The summed E-state index contributed by atoms with van der Waals surface area (Å²) < 4.78 is 5.04. The fourth-order valence-electron chi connectivity index (χ4n) is 1.16. The van der Waals surface area contributed by atoms with Gasteiger partial charge in [-0.05, 0) is 12.3 Å². The molecule has 0 N–H and O–H groups in total. The number of rotatable bonds is 7. The molecule has 0 spiro atoms. The van der Waals surface area contributed by atoms with Crippen molar-refractivity contribution in [3.8, 4) is 0 Å². The van der Waals surface area contributed by atoms with Crippen molar-refractivity contribution < 1.29 is 9.53 Å². The summed E-state index contributed by atoms with van der Waals surface area (Å²) in [7, 11) is 0. The third-order valence-corrected chi connectivity index (χ3v) is 2.12. The molecule has 78 valence electrons. The van der Waals surface area contributed by atoms with Crippen LogP contribution in [0.1, 0.15) is 52.9 Å². The average molecular weight is 186 g/mol. The maximum absolute atomic E-state index is 10.8. The molecule has 0 rings (SSSR count). The van der Waals surface area contributed by atoms with Crippen molar-refractivity contribution in [2.24, 2.45) is 5.92 Å². The van der Waals surface area contributed by atoms with Crippen LogP contribution in [0, 0.1) is 5.92 Å².